The maximum absolute atomic E-state index is 13.3. The minimum atomic E-state index is -1.88. The zero-order valence-electron chi connectivity index (χ0n) is 13.3. The van der Waals surface area contributed by atoms with Crippen LogP contribution in [-0.4, -0.2) is 10.9 Å². The smallest absolute Gasteiger partial charge is 0.199 e. The number of hydrogen-bond donors (Lipinski definition) is 1. The number of Topliss-reactive ketones (excluding diaryl/α,β-unsaturated/α-hetero) is 1. The summed E-state index contributed by atoms with van der Waals surface area (Å²) in [5, 5.41) is 11.3. The molecule has 1 atom stereocenters. The van der Waals surface area contributed by atoms with Crippen molar-refractivity contribution in [2.45, 2.75) is 12.0 Å². The Morgan fingerprint density at radius 2 is 1.32 bits per heavy atom. The van der Waals surface area contributed by atoms with Gasteiger partial charge >= 0.3 is 0 Å². The van der Waals surface area contributed by atoms with Crippen LogP contribution in [0.5, 0.6) is 0 Å². The molecule has 2 nitrogen and oxygen atoms in total. The summed E-state index contributed by atoms with van der Waals surface area (Å²) in [5.41, 5.74) is -0.659. The summed E-state index contributed by atoms with van der Waals surface area (Å²) in [6.45, 7) is 0. The van der Waals surface area contributed by atoms with Gasteiger partial charge in [-0.15, -0.1) is 0 Å². The zero-order chi connectivity index (χ0) is 17.9. The highest BCUT2D eigenvalue weighted by molar-refractivity contribution is 6.03. The molecule has 0 aliphatic rings. The van der Waals surface area contributed by atoms with Crippen molar-refractivity contribution in [3.63, 3.8) is 0 Å². The number of ketones is 1. The van der Waals surface area contributed by atoms with Gasteiger partial charge in [0.2, 0.25) is 0 Å². The van der Waals surface area contributed by atoms with Gasteiger partial charge in [0.1, 0.15) is 11.6 Å². The molecule has 1 N–H and O–H groups in total. The van der Waals surface area contributed by atoms with Gasteiger partial charge in [-0.1, -0.05) is 42.5 Å². The van der Waals surface area contributed by atoms with Gasteiger partial charge in [-0.3, -0.25) is 4.79 Å². The molecule has 0 amide bonds. The first-order chi connectivity index (χ1) is 12.0. The highest BCUT2D eigenvalue weighted by Crippen LogP contribution is 2.30. The molecule has 0 aliphatic heterocycles. The molecule has 0 heterocycles. The van der Waals surface area contributed by atoms with Crippen LogP contribution in [0.15, 0.2) is 78.9 Å². The van der Waals surface area contributed by atoms with E-state index < -0.39 is 23.0 Å². The van der Waals surface area contributed by atoms with Crippen LogP contribution in [0.1, 0.15) is 21.5 Å². The van der Waals surface area contributed by atoms with Gasteiger partial charge in [-0.25, -0.2) is 8.78 Å². The molecule has 0 fully saturated rings. The molecular formula is C21H16F2O2. The van der Waals surface area contributed by atoms with Crippen LogP contribution < -0.4 is 0 Å². The minimum absolute atomic E-state index is 0.0235. The summed E-state index contributed by atoms with van der Waals surface area (Å²) >= 11 is 0. The summed E-state index contributed by atoms with van der Waals surface area (Å²) in [5.74, 6) is -1.49. The number of carbonyl (C=O) groups is 1. The first-order valence-corrected chi connectivity index (χ1v) is 7.82. The lowest BCUT2D eigenvalue weighted by Gasteiger charge is -2.27. The van der Waals surface area contributed by atoms with Crippen molar-refractivity contribution in [3.05, 3.63) is 107 Å². The molecule has 0 aliphatic carbocycles. The van der Waals surface area contributed by atoms with Gasteiger partial charge in [0.25, 0.3) is 0 Å². The van der Waals surface area contributed by atoms with Gasteiger partial charge in [0.15, 0.2) is 11.4 Å². The first kappa shape index (κ1) is 17.0. The molecule has 3 rings (SSSR count). The highest BCUT2D eigenvalue weighted by atomic mass is 19.1. The summed E-state index contributed by atoms with van der Waals surface area (Å²) in [6, 6.07) is 19.2. The Bertz CT molecular complexity index is 859. The van der Waals surface area contributed by atoms with E-state index in [4.69, 9.17) is 0 Å². The lowest BCUT2D eigenvalue weighted by atomic mass is 9.81. The van der Waals surface area contributed by atoms with Crippen LogP contribution in [0.25, 0.3) is 0 Å². The number of carbonyl (C=O) groups excluding carboxylic acids is 1. The Kier molecular flexibility index (Phi) is 4.72. The quantitative estimate of drug-likeness (QED) is 0.705. The van der Waals surface area contributed by atoms with E-state index in [1.54, 1.807) is 12.1 Å². The monoisotopic (exact) mass is 338 g/mol. The second kappa shape index (κ2) is 6.95. The van der Waals surface area contributed by atoms with Crippen molar-refractivity contribution in [2.24, 2.45) is 0 Å². The second-order valence-corrected chi connectivity index (χ2v) is 5.87. The van der Waals surface area contributed by atoms with Gasteiger partial charge in [0.05, 0.1) is 0 Å². The van der Waals surface area contributed by atoms with Crippen LogP contribution in [0, 0.1) is 11.6 Å². The van der Waals surface area contributed by atoms with Crippen molar-refractivity contribution < 1.29 is 18.7 Å². The van der Waals surface area contributed by atoms with Crippen molar-refractivity contribution in [3.8, 4) is 0 Å². The summed E-state index contributed by atoms with van der Waals surface area (Å²) in [4.78, 5) is 13.0. The number of aliphatic hydroxyl groups is 1. The van der Waals surface area contributed by atoms with E-state index in [0.717, 1.165) is 5.56 Å². The van der Waals surface area contributed by atoms with E-state index in [9.17, 15) is 18.7 Å². The van der Waals surface area contributed by atoms with Crippen LogP contribution >= 0.6 is 0 Å². The van der Waals surface area contributed by atoms with Crippen LogP contribution in [0.3, 0.4) is 0 Å². The van der Waals surface area contributed by atoms with Crippen molar-refractivity contribution >= 4 is 5.78 Å². The number of halogens is 2. The fraction of sp³-hybridized carbons (Fsp3) is 0.0952. The van der Waals surface area contributed by atoms with Crippen molar-refractivity contribution in [1.29, 1.82) is 0 Å². The Morgan fingerprint density at radius 1 is 0.800 bits per heavy atom. The minimum Gasteiger partial charge on any atom is -0.377 e. The molecule has 0 saturated carbocycles. The highest BCUT2D eigenvalue weighted by Gasteiger charge is 2.38. The Balaban J connectivity index is 2.05. The van der Waals surface area contributed by atoms with Crippen LogP contribution in [0.2, 0.25) is 0 Å². The Labute approximate surface area is 144 Å². The maximum atomic E-state index is 13.3. The van der Waals surface area contributed by atoms with Crippen molar-refractivity contribution in [2.75, 3.05) is 0 Å². The lowest BCUT2D eigenvalue weighted by molar-refractivity contribution is 0.0298. The molecule has 0 radical (unpaired) electrons. The van der Waals surface area contributed by atoms with Crippen molar-refractivity contribution in [1.82, 2.24) is 0 Å². The van der Waals surface area contributed by atoms with Gasteiger partial charge in [-0.2, -0.15) is 0 Å². The summed E-state index contributed by atoms with van der Waals surface area (Å²) in [6.07, 6.45) is 0.0235. The number of hydrogen-bond acceptors (Lipinski definition) is 2. The molecule has 0 saturated heterocycles. The van der Waals surface area contributed by atoms with E-state index in [-0.39, 0.29) is 17.5 Å². The molecule has 126 valence electrons. The van der Waals surface area contributed by atoms with E-state index in [1.807, 2.05) is 18.2 Å². The van der Waals surface area contributed by atoms with Gasteiger partial charge in [0, 0.05) is 12.0 Å². The molecular weight excluding hydrogens is 322 g/mol. The average molecular weight is 338 g/mol. The maximum Gasteiger partial charge on any atom is 0.199 e. The zero-order valence-corrected chi connectivity index (χ0v) is 13.3. The molecule has 0 aromatic heterocycles. The van der Waals surface area contributed by atoms with E-state index >= 15 is 0 Å². The van der Waals surface area contributed by atoms with E-state index in [1.165, 1.54) is 48.5 Å². The lowest BCUT2D eigenvalue weighted by Crippen LogP contribution is -2.38. The molecule has 1 unspecified atom stereocenters. The average Bonchev–Trinajstić information content (AvgIpc) is 2.63. The topological polar surface area (TPSA) is 37.3 Å². The van der Waals surface area contributed by atoms with Crippen LogP contribution in [-0.2, 0) is 12.0 Å². The van der Waals surface area contributed by atoms with Crippen LogP contribution in [0.4, 0.5) is 8.78 Å². The van der Waals surface area contributed by atoms with Gasteiger partial charge < -0.3 is 5.11 Å². The predicted molar refractivity (Wildman–Crippen MR) is 91.2 cm³/mol. The largest absolute Gasteiger partial charge is 0.377 e. The third kappa shape index (κ3) is 3.64. The Morgan fingerprint density at radius 3 is 1.88 bits per heavy atom. The summed E-state index contributed by atoms with van der Waals surface area (Å²) in [7, 11) is 0. The molecule has 0 spiro atoms. The molecule has 3 aromatic carbocycles. The fourth-order valence-electron chi connectivity index (χ4n) is 2.77. The number of rotatable bonds is 5. The standard InChI is InChI=1S/C21H16F2O2/c22-18-10-6-16(7-11-18)20(24)21(25,14-15-4-2-1-3-5-15)17-8-12-19(23)13-9-17/h1-13,25H,14H2. The molecule has 4 heteroatoms. The van der Waals surface area contributed by atoms with E-state index in [0.29, 0.717) is 0 Å². The third-order valence-corrected chi connectivity index (χ3v) is 4.11. The third-order valence-electron chi connectivity index (χ3n) is 4.11. The SMILES string of the molecule is O=C(c1ccc(F)cc1)C(O)(Cc1ccccc1)c1ccc(F)cc1. The Hall–Kier alpha value is -2.85. The summed E-state index contributed by atoms with van der Waals surface area (Å²) < 4.78 is 26.4. The number of benzene rings is 3. The van der Waals surface area contributed by atoms with E-state index in [2.05, 4.69) is 0 Å². The first-order valence-electron chi connectivity index (χ1n) is 7.82. The molecule has 0 bridgehead atoms. The fourth-order valence-corrected chi connectivity index (χ4v) is 2.77. The van der Waals surface area contributed by atoms with Gasteiger partial charge in [-0.05, 0) is 47.5 Å². The molecule has 25 heavy (non-hydrogen) atoms. The predicted octanol–water partition coefficient (Wildman–Crippen LogP) is 4.28. The second-order valence-electron chi connectivity index (χ2n) is 5.87. The molecule has 3 aromatic rings. The normalized spacial score (nSPS) is 13.2.